The molecular formula is C21H21ClN2O2. The standard InChI is InChI=1S/C21H21ClN2O2/c1-4-14(2)26-20-11-10-16(13-19(20)22)12-18-15(3)23-24(21(18)25)17-8-6-5-7-9-17/h5-14H,4H2,1-3H3/b18-12-/t14-/m0/s1. The van der Waals surface area contributed by atoms with Gasteiger partial charge >= 0.3 is 0 Å². The monoisotopic (exact) mass is 368 g/mol. The number of hydrogen-bond acceptors (Lipinski definition) is 3. The van der Waals surface area contributed by atoms with Crippen LogP contribution in [0.4, 0.5) is 5.69 Å². The largest absolute Gasteiger partial charge is 0.489 e. The van der Waals surface area contributed by atoms with E-state index >= 15 is 0 Å². The molecule has 0 saturated carbocycles. The van der Waals surface area contributed by atoms with E-state index in [1.165, 1.54) is 5.01 Å². The second-order valence-corrected chi connectivity index (χ2v) is 6.63. The van der Waals surface area contributed by atoms with E-state index < -0.39 is 0 Å². The van der Waals surface area contributed by atoms with Gasteiger partial charge in [0.25, 0.3) is 5.91 Å². The van der Waals surface area contributed by atoms with Crippen LogP contribution in [0.25, 0.3) is 6.08 Å². The second kappa shape index (κ2) is 7.75. The highest BCUT2D eigenvalue weighted by molar-refractivity contribution is 6.33. The number of benzene rings is 2. The molecule has 1 aliphatic rings. The summed E-state index contributed by atoms with van der Waals surface area (Å²) in [5.41, 5.74) is 2.81. The van der Waals surface area contributed by atoms with Crippen molar-refractivity contribution < 1.29 is 9.53 Å². The van der Waals surface area contributed by atoms with Crippen molar-refractivity contribution >= 4 is 35.0 Å². The van der Waals surface area contributed by atoms with Gasteiger partial charge in [-0.3, -0.25) is 4.79 Å². The summed E-state index contributed by atoms with van der Waals surface area (Å²) in [6.07, 6.45) is 2.81. The number of ether oxygens (including phenoxy) is 1. The number of para-hydroxylation sites is 1. The smallest absolute Gasteiger partial charge is 0.280 e. The molecule has 134 valence electrons. The molecule has 1 atom stereocenters. The molecule has 4 nitrogen and oxygen atoms in total. The van der Waals surface area contributed by atoms with Crippen LogP contribution >= 0.6 is 11.6 Å². The number of anilines is 1. The van der Waals surface area contributed by atoms with E-state index in [1.54, 1.807) is 6.07 Å². The fourth-order valence-corrected chi connectivity index (χ4v) is 2.83. The lowest BCUT2D eigenvalue weighted by Crippen LogP contribution is -2.21. The molecule has 0 aliphatic carbocycles. The molecule has 1 aliphatic heterocycles. The zero-order chi connectivity index (χ0) is 18.7. The van der Waals surface area contributed by atoms with Crippen molar-refractivity contribution in [3.8, 4) is 5.75 Å². The van der Waals surface area contributed by atoms with Gasteiger partial charge in [0.2, 0.25) is 0 Å². The SMILES string of the molecule is CC[C@H](C)Oc1ccc(/C=C2\C(=O)N(c3ccccc3)N=C2C)cc1Cl. The number of rotatable bonds is 5. The van der Waals surface area contributed by atoms with Gasteiger partial charge in [-0.2, -0.15) is 10.1 Å². The Balaban J connectivity index is 1.85. The van der Waals surface area contributed by atoms with E-state index in [0.29, 0.717) is 22.1 Å². The number of amides is 1. The summed E-state index contributed by atoms with van der Waals surface area (Å²) in [5, 5.41) is 6.33. The number of hydrazone groups is 1. The Hall–Kier alpha value is -2.59. The summed E-state index contributed by atoms with van der Waals surface area (Å²) in [7, 11) is 0. The molecule has 2 aromatic carbocycles. The maximum atomic E-state index is 12.7. The summed E-state index contributed by atoms with van der Waals surface area (Å²) >= 11 is 6.33. The van der Waals surface area contributed by atoms with Crippen LogP contribution in [0.1, 0.15) is 32.8 Å². The summed E-state index contributed by atoms with van der Waals surface area (Å²) in [5.74, 6) is 0.502. The molecule has 0 spiro atoms. The van der Waals surface area contributed by atoms with Gasteiger partial charge in [0.05, 0.1) is 28.1 Å². The first-order chi connectivity index (χ1) is 12.5. The van der Waals surface area contributed by atoms with Crippen molar-refractivity contribution in [3.05, 3.63) is 64.7 Å². The molecule has 0 unspecified atom stereocenters. The third-order valence-corrected chi connectivity index (χ3v) is 4.53. The van der Waals surface area contributed by atoms with E-state index in [0.717, 1.165) is 17.7 Å². The maximum Gasteiger partial charge on any atom is 0.280 e. The minimum Gasteiger partial charge on any atom is -0.489 e. The Kier molecular flexibility index (Phi) is 5.43. The number of nitrogens with zero attached hydrogens (tertiary/aromatic N) is 2. The van der Waals surface area contributed by atoms with Crippen molar-refractivity contribution in [3.63, 3.8) is 0 Å². The lowest BCUT2D eigenvalue weighted by Gasteiger charge is -2.14. The van der Waals surface area contributed by atoms with Crippen molar-refractivity contribution in [1.82, 2.24) is 0 Å². The summed E-state index contributed by atoms with van der Waals surface area (Å²) in [6.45, 7) is 5.89. The van der Waals surface area contributed by atoms with E-state index in [9.17, 15) is 4.79 Å². The second-order valence-electron chi connectivity index (χ2n) is 6.22. The van der Waals surface area contributed by atoms with Gasteiger partial charge in [-0.1, -0.05) is 42.8 Å². The maximum absolute atomic E-state index is 12.7. The molecule has 5 heteroatoms. The number of halogens is 1. The topological polar surface area (TPSA) is 41.9 Å². The van der Waals surface area contributed by atoms with Gasteiger partial charge in [0.15, 0.2) is 0 Å². The van der Waals surface area contributed by atoms with Crippen molar-refractivity contribution in [2.24, 2.45) is 5.10 Å². The van der Waals surface area contributed by atoms with Crippen LogP contribution in [0.5, 0.6) is 5.75 Å². The van der Waals surface area contributed by atoms with Gasteiger partial charge in [-0.05, 0) is 56.2 Å². The van der Waals surface area contributed by atoms with E-state index in [1.807, 2.05) is 62.4 Å². The normalized spacial score (nSPS) is 16.8. The van der Waals surface area contributed by atoms with Crippen LogP contribution in [-0.2, 0) is 4.79 Å². The highest BCUT2D eigenvalue weighted by Crippen LogP contribution is 2.29. The van der Waals surface area contributed by atoms with Gasteiger partial charge in [-0.25, -0.2) is 0 Å². The van der Waals surface area contributed by atoms with Crippen molar-refractivity contribution in [2.45, 2.75) is 33.3 Å². The molecule has 0 aromatic heterocycles. The Morgan fingerprint density at radius 1 is 1.23 bits per heavy atom. The van der Waals surface area contributed by atoms with Crippen molar-refractivity contribution in [2.75, 3.05) is 5.01 Å². The van der Waals surface area contributed by atoms with E-state index in [4.69, 9.17) is 16.3 Å². The molecule has 2 aromatic rings. The summed E-state index contributed by atoms with van der Waals surface area (Å²) < 4.78 is 5.78. The van der Waals surface area contributed by atoms with Crippen LogP contribution in [0.15, 0.2) is 59.2 Å². The quantitative estimate of drug-likeness (QED) is 0.670. The first kappa shape index (κ1) is 18.2. The minimum atomic E-state index is -0.148. The molecule has 1 amide bonds. The average Bonchev–Trinajstić information content (AvgIpc) is 2.92. The Morgan fingerprint density at radius 2 is 1.96 bits per heavy atom. The number of carbonyl (C=O) groups excluding carboxylic acids is 1. The number of hydrogen-bond donors (Lipinski definition) is 0. The van der Waals surface area contributed by atoms with Crippen molar-refractivity contribution in [1.29, 1.82) is 0 Å². The first-order valence-corrected chi connectivity index (χ1v) is 9.00. The highest BCUT2D eigenvalue weighted by Gasteiger charge is 2.28. The molecule has 0 bridgehead atoms. The third kappa shape index (κ3) is 3.81. The molecule has 0 N–H and O–H groups in total. The predicted octanol–water partition coefficient (Wildman–Crippen LogP) is 5.32. The van der Waals surface area contributed by atoms with Gasteiger partial charge < -0.3 is 4.74 Å². The molecule has 1 heterocycles. The Morgan fingerprint density at radius 3 is 2.62 bits per heavy atom. The molecule has 0 saturated heterocycles. The molecule has 0 fully saturated rings. The fraction of sp³-hybridized carbons (Fsp3) is 0.238. The minimum absolute atomic E-state index is 0.0990. The Labute approximate surface area is 158 Å². The van der Waals surface area contributed by atoms with Crippen LogP contribution < -0.4 is 9.75 Å². The van der Waals surface area contributed by atoms with Crippen LogP contribution in [0, 0.1) is 0 Å². The highest BCUT2D eigenvalue weighted by atomic mass is 35.5. The van der Waals surface area contributed by atoms with E-state index in [-0.39, 0.29) is 12.0 Å². The molecular weight excluding hydrogens is 348 g/mol. The predicted molar refractivity (Wildman–Crippen MR) is 107 cm³/mol. The molecule has 0 radical (unpaired) electrons. The van der Waals surface area contributed by atoms with Crippen LogP contribution in [0.2, 0.25) is 5.02 Å². The lowest BCUT2D eigenvalue weighted by molar-refractivity contribution is -0.114. The van der Waals surface area contributed by atoms with E-state index in [2.05, 4.69) is 12.0 Å². The lowest BCUT2D eigenvalue weighted by atomic mass is 10.1. The third-order valence-electron chi connectivity index (χ3n) is 4.23. The summed E-state index contributed by atoms with van der Waals surface area (Å²) in [4.78, 5) is 12.7. The first-order valence-electron chi connectivity index (χ1n) is 8.62. The average molecular weight is 369 g/mol. The molecule has 3 rings (SSSR count). The zero-order valence-corrected chi connectivity index (χ0v) is 15.8. The summed E-state index contributed by atoms with van der Waals surface area (Å²) in [6, 6.07) is 14.9. The molecule has 26 heavy (non-hydrogen) atoms. The Bertz CT molecular complexity index is 875. The number of carbonyl (C=O) groups is 1. The van der Waals surface area contributed by atoms with Gasteiger partial charge in [-0.15, -0.1) is 0 Å². The van der Waals surface area contributed by atoms with Gasteiger partial charge in [0.1, 0.15) is 5.75 Å². The van der Waals surface area contributed by atoms with Crippen LogP contribution in [0.3, 0.4) is 0 Å². The zero-order valence-electron chi connectivity index (χ0n) is 15.1. The fourth-order valence-electron chi connectivity index (χ4n) is 2.60. The van der Waals surface area contributed by atoms with Crippen LogP contribution in [-0.4, -0.2) is 17.7 Å². The van der Waals surface area contributed by atoms with Gasteiger partial charge in [0, 0.05) is 0 Å².